The lowest BCUT2D eigenvalue weighted by molar-refractivity contribution is -0.136. The number of hydrogen-bond donors (Lipinski definition) is 1. The highest BCUT2D eigenvalue weighted by molar-refractivity contribution is 5.96. The maximum Gasteiger partial charge on any atom is 0.257 e. The number of aromatic nitrogens is 1. The molecule has 0 bridgehead atoms. The van der Waals surface area contributed by atoms with E-state index in [2.05, 4.69) is 10.3 Å². The fourth-order valence-corrected chi connectivity index (χ4v) is 1.08. The maximum atomic E-state index is 11.8. The van der Waals surface area contributed by atoms with Crippen molar-refractivity contribution in [2.24, 2.45) is 0 Å². The molecule has 1 aromatic heterocycles. The first-order chi connectivity index (χ1) is 7.12. The molecule has 0 saturated heterocycles. The van der Waals surface area contributed by atoms with Crippen molar-refractivity contribution < 1.29 is 9.53 Å². The fraction of sp³-hybridized carbons (Fsp3) is 0.455. The van der Waals surface area contributed by atoms with E-state index in [0.29, 0.717) is 12.2 Å². The van der Waals surface area contributed by atoms with E-state index in [1.165, 1.54) is 7.11 Å². The first-order valence-electron chi connectivity index (χ1n) is 4.90. The Hall–Kier alpha value is -1.42. The second kappa shape index (κ2) is 4.89. The number of carbonyl (C=O) groups is 1. The lowest BCUT2D eigenvalue weighted by Gasteiger charge is -2.24. The quantitative estimate of drug-likeness (QED) is 0.821. The molecule has 1 amide bonds. The molecule has 1 unspecified atom stereocenters. The van der Waals surface area contributed by atoms with Crippen LogP contribution < -0.4 is 5.32 Å². The molecule has 0 aromatic carbocycles. The van der Waals surface area contributed by atoms with Crippen molar-refractivity contribution in [1.82, 2.24) is 4.98 Å². The van der Waals surface area contributed by atoms with Gasteiger partial charge in [-0.2, -0.15) is 0 Å². The van der Waals surface area contributed by atoms with E-state index in [1.807, 2.05) is 13.0 Å². The number of nitrogens with zero attached hydrogens (tertiary/aromatic N) is 1. The Balaban J connectivity index is 2.71. The summed E-state index contributed by atoms with van der Waals surface area (Å²) in [5, 5.41) is 2.71. The third-order valence-corrected chi connectivity index (χ3v) is 2.51. The average molecular weight is 208 g/mol. The predicted octanol–water partition coefficient (Wildman–Crippen LogP) is 1.84. The molecule has 1 aromatic rings. The number of rotatable bonds is 4. The Kier molecular flexibility index (Phi) is 3.80. The normalized spacial score (nSPS) is 14.3. The van der Waals surface area contributed by atoms with Gasteiger partial charge < -0.3 is 10.1 Å². The summed E-state index contributed by atoms with van der Waals surface area (Å²) in [6, 6.07) is 5.35. The number of nitrogens with one attached hydrogen (secondary N) is 1. The van der Waals surface area contributed by atoms with Crippen LogP contribution in [0.25, 0.3) is 0 Å². The monoisotopic (exact) mass is 208 g/mol. The maximum absolute atomic E-state index is 11.8. The van der Waals surface area contributed by atoms with Crippen LogP contribution in [0, 0.1) is 0 Å². The van der Waals surface area contributed by atoms with E-state index in [0.717, 1.165) is 0 Å². The average Bonchev–Trinajstić information content (AvgIpc) is 2.29. The molecule has 4 heteroatoms. The highest BCUT2D eigenvalue weighted by Crippen LogP contribution is 2.16. The second-order valence-electron chi connectivity index (χ2n) is 3.46. The molecule has 0 radical (unpaired) electrons. The number of ether oxygens (including phenoxy) is 1. The molecule has 1 N–H and O–H groups in total. The molecule has 1 rings (SSSR count). The summed E-state index contributed by atoms with van der Waals surface area (Å²) in [5.74, 6) is 0.366. The van der Waals surface area contributed by atoms with E-state index >= 15 is 0 Å². The molecule has 0 aliphatic heterocycles. The van der Waals surface area contributed by atoms with Gasteiger partial charge in [0.2, 0.25) is 0 Å². The van der Waals surface area contributed by atoms with E-state index in [4.69, 9.17) is 4.74 Å². The van der Waals surface area contributed by atoms with Crippen LogP contribution in [0.2, 0.25) is 0 Å². The highest BCUT2D eigenvalue weighted by atomic mass is 16.5. The predicted molar refractivity (Wildman–Crippen MR) is 58.6 cm³/mol. The highest BCUT2D eigenvalue weighted by Gasteiger charge is 2.30. The van der Waals surface area contributed by atoms with Gasteiger partial charge in [0.25, 0.3) is 5.91 Å². The van der Waals surface area contributed by atoms with E-state index in [-0.39, 0.29) is 5.91 Å². The van der Waals surface area contributed by atoms with Gasteiger partial charge in [-0.3, -0.25) is 4.79 Å². The third kappa shape index (κ3) is 2.76. The number of pyridine rings is 1. The molecule has 0 fully saturated rings. The number of amides is 1. The van der Waals surface area contributed by atoms with Crippen molar-refractivity contribution in [2.75, 3.05) is 12.4 Å². The van der Waals surface area contributed by atoms with Crippen molar-refractivity contribution >= 4 is 11.7 Å². The van der Waals surface area contributed by atoms with E-state index in [1.54, 1.807) is 25.3 Å². The largest absolute Gasteiger partial charge is 0.369 e. The minimum Gasteiger partial charge on any atom is -0.369 e. The van der Waals surface area contributed by atoms with Gasteiger partial charge in [-0.15, -0.1) is 0 Å². The summed E-state index contributed by atoms with van der Waals surface area (Å²) in [4.78, 5) is 15.8. The second-order valence-corrected chi connectivity index (χ2v) is 3.46. The number of methoxy groups -OCH3 is 1. The van der Waals surface area contributed by atoms with Crippen LogP contribution in [-0.4, -0.2) is 23.6 Å². The van der Waals surface area contributed by atoms with Crippen molar-refractivity contribution in [2.45, 2.75) is 25.9 Å². The molecule has 0 saturated carbocycles. The fourth-order valence-electron chi connectivity index (χ4n) is 1.08. The summed E-state index contributed by atoms with van der Waals surface area (Å²) in [7, 11) is 1.53. The SMILES string of the molecule is CCC(C)(OC)C(=O)Nc1ccccn1. The van der Waals surface area contributed by atoms with Crippen LogP contribution in [0.1, 0.15) is 20.3 Å². The molecule has 82 valence electrons. The number of anilines is 1. The Labute approximate surface area is 89.7 Å². The Morgan fingerprint density at radius 2 is 2.33 bits per heavy atom. The van der Waals surface area contributed by atoms with Crippen molar-refractivity contribution in [3.05, 3.63) is 24.4 Å². The summed E-state index contributed by atoms with van der Waals surface area (Å²) >= 11 is 0. The Bertz CT molecular complexity index is 321. The van der Waals surface area contributed by atoms with Crippen LogP contribution in [0.5, 0.6) is 0 Å². The first kappa shape index (κ1) is 11.7. The minimum absolute atomic E-state index is 0.175. The first-order valence-corrected chi connectivity index (χ1v) is 4.90. The van der Waals surface area contributed by atoms with Gasteiger partial charge in [0.05, 0.1) is 0 Å². The molecule has 4 nitrogen and oxygen atoms in total. The van der Waals surface area contributed by atoms with E-state index in [9.17, 15) is 4.79 Å². The zero-order valence-electron chi connectivity index (χ0n) is 9.28. The van der Waals surface area contributed by atoms with Gasteiger partial charge in [0, 0.05) is 13.3 Å². The summed E-state index contributed by atoms with van der Waals surface area (Å²) in [6.07, 6.45) is 2.24. The smallest absolute Gasteiger partial charge is 0.257 e. The minimum atomic E-state index is -0.794. The van der Waals surface area contributed by atoms with Gasteiger partial charge >= 0.3 is 0 Å². The summed E-state index contributed by atoms with van der Waals surface area (Å²) in [5.41, 5.74) is -0.794. The van der Waals surface area contributed by atoms with Gasteiger partial charge in [0.1, 0.15) is 11.4 Å². The number of hydrogen-bond acceptors (Lipinski definition) is 3. The van der Waals surface area contributed by atoms with Gasteiger partial charge in [-0.1, -0.05) is 13.0 Å². The zero-order valence-corrected chi connectivity index (χ0v) is 9.28. The van der Waals surface area contributed by atoms with Gasteiger partial charge in [0.15, 0.2) is 0 Å². The van der Waals surface area contributed by atoms with Crippen molar-refractivity contribution in [1.29, 1.82) is 0 Å². The third-order valence-electron chi connectivity index (χ3n) is 2.51. The van der Waals surface area contributed by atoms with Crippen LogP contribution in [0.4, 0.5) is 5.82 Å². The van der Waals surface area contributed by atoms with Crippen LogP contribution in [-0.2, 0) is 9.53 Å². The lowest BCUT2D eigenvalue weighted by Crippen LogP contribution is -2.41. The van der Waals surface area contributed by atoms with Crippen LogP contribution in [0.15, 0.2) is 24.4 Å². The molecular formula is C11H16N2O2. The summed E-state index contributed by atoms with van der Waals surface area (Å²) < 4.78 is 5.18. The van der Waals surface area contributed by atoms with Gasteiger partial charge in [-0.25, -0.2) is 4.98 Å². The zero-order chi connectivity index (χ0) is 11.3. The van der Waals surface area contributed by atoms with Crippen molar-refractivity contribution in [3.8, 4) is 0 Å². The number of carbonyl (C=O) groups excluding carboxylic acids is 1. The Morgan fingerprint density at radius 1 is 1.60 bits per heavy atom. The molecule has 1 atom stereocenters. The van der Waals surface area contributed by atoms with Gasteiger partial charge in [-0.05, 0) is 25.5 Å². The molecule has 15 heavy (non-hydrogen) atoms. The standard InChI is InChI=1S/C11H16N2O2/c1-4-11(2,15-3)10(14)13-9-7-5-6-8-12-9/h5-8H,4H2,1-3H3,(H,12,13,14). The van der Waals surface area contributed by atoms with E-state index < -0.39 is 5.60 Å². The molecule has 0 aliphatic carbocycles. The topological polar surface area (TPSA) is 51.2 Å². The molecule has 1 heterocycles. The molecular weight excluding hydrogens is 192 g/mol. The Morgan fingerprint density at radius 3 is 2.80 bits per heavy atom. The van der Waals surface area contributed by atoms with Crippen LogP contribution in [0.3, 0.4) is 0 Å². The molecule has 0 spiro atoms. The van der Waals surface area contributed by atoms with Crippen molar-refractivity contribution in [3.63, 3.8) is 0 Å². The summed E-state index contributed by atoms with van der Waals surface area (Å²) in [6.45, 7) is 3.66. The lowest BCUT2D eigenvalue weighted by atomic mass is 10.0. The van der Waals surface area contributed by atoms with Crippen LogP contribution >= 0.6 is 0 Å². The molecule has 0 aliphatic rings.